The Bertz CT molecular complexity index is 1100. The molecule has 3 aromatic rings. The molecule has 2 aromatic carbocycles. The maximum absolute atomic E-state index is 12.8. The number of ether oxygens (including phenoxy) is 1. The van der Waals surface area contributed by atoms with E-state index in [1.54, 1.807) is 39.0 Å². The first-order valence-corrected chi connectivity index (χ1v) is 10.2. The van der Waals surface area contributed by atoms with Gasteiger partial charge in [0.25, 0.3) is 5.91 Å². The van der Waals surface area contributed by atoms with E-state index in [2.05, 4.69) is 10.3 Å². The molecule has 1 aromatic heterocycles. The minimum atomic E-state index is -0.630. The Morgan fingerprint density at radius 2 is 1.81 bits per heavy atom. The summed E-state index contributed by atoms with van der Waals surface area (Å²) in [7, 11) is 0. The van der Waals surface area contributed by atoms with Crippen LogP contribution in [0.1, 0.15) is 50.0 Å². The van der Waals surface area contributed by atoms with Crippen LogP contribution >= 0.6 is 0 Å². The van der Waals surface area contributed by atoms with E-state index < -0.39 is 17.7 Å². The quantitative estimate of drug-likeness (QED) is 0.646. The SMILES string of the molecule is CC(=O)[C@H](CCc1ccccc1)NC(=O)c1ccc2c(c1)ncn2C(=O)OC(C)(C)C. The molecule has 0 radical (unpaired) electrons. The molecular formula is C24H27N3O4. The van der Waals surface area contributed by atoms with Gasteiger partial charge in [0.1, 0.15) is 11.9 Å². The Balaban J connectivity index is 1.72. The molecule has 0 aliphatic rings. The Labute approximate surface area is 181 Å². The topological polar surface area (TPSA) is 90.3 Å². The molecule has 0 fully saturated rings. The molecule has 0 aliphatic heterocycles. The molecule has 1 atom stereocenters. The van der Waals surface area contributed by atoms with E-state index >= 15 is 0 Å². The van der Waals surface area contributed by atoms with Crippen LogP contribution in [0.4, 0.5) is 4.79 Å². The number of rotatable bonds is 6. The van der Waals surface area contributed by atoms with Crippen LogP contribution in [0, 0.1) is 0 Å². The standard InChI is InChI=1S/C24H27N3O4/c1-16(28)19(12-10-17-8-6-5-7-9-17)26-22(29)18-11-13-21-20(14-18)25-15-27(21)23(30)31-24(2,3)4/h5-9,11,13-15,19H,10,12H2,1-4H3,(H,26,29)/t19-/m0/s1. The molecule has 1 amide bonds. The fourth-order valence-corrected chi connectivity index (χ4v) is 3.18. The van der Waals surface area contributed by atoms with Gasteiger partial charge in [-0.25, -0.2) is 14.3 Å². The number of carbonyl (C=O) groups excluding carboxylic acids is 3. The third-order valence-electron chi connectivity index (χ3n) is 4.76. The van der Waals surface area contributed by atoms with E-state index in [-0.39, 0.29) is 11.7 Å². The number of aromatic nitrogens is 2. The van der Waals surface area contributed by atoms with Crippen LogP contribution in [0.15, 0.2) is 54.9 Å². The highest BCUT2D eigenvalue weighted by Crippen LogP contribution is 2.18. The Kier molecular flexibility index (Phi) is 6.53. The summed E-state index contributed by atoms with van der Waals surface area (Å²) in [4.78, 5) is 41.4. The molecule has 3 rings (SSSR count). The molecule has 0 saturated carbocycles. The molecule has 0 aliphatic carbocycles. The van der Waals surface area contributed by atoms with Crippen molar-refractivity contribution in [1.82, 2.24) is 14.9 Å². The Morgan fingerprint density at radius 3 is 2.45 bits per heavy atom. The van der Waals surface area contributed by atoms with Gasteiger partial charge in [-0.15, -0.1) is 0 Å². The van der Waals surface area contributed by atoms with Crippen molar-refractivity contribution in [3.05, 3.63) is 66.0 Å². The molecule has 0 saturated heterocycles. The van der Waals surface area contributed by atoms with E-state index in [0.29, 0.717) is 29.4 Å². The number of imidazole rings is 1. The van der Waals surface area contributed by atoms with Crippen molar-refractivity contribution in [3.63, 3.8) is 0 Å². The second-order valence-corrected chi connectivity index (χ2v) is 8.46. The zero-order valence-corrected chi connectivity index (χ0v) is 18.2. The third-order valence-corrected chi connectivity index (χ3v) is 4.76. The molecule has 0 spiro atoms. The lowest BCUT2D eigenvalue weighted by atomic mass is 10.0. The van der Waals surface area contributed by atoms with Crippen LogP contribution in [-0.2, 0) is 16.0 Å². The number of fused-ring (bicyclic) bond motifs is 1. The highest BCUT2D eigenvalue weighted by molar-refractivity contribution is 6.00. The van der Waals surface area contributed by atoms with Gasteiger partial charge in [-0.2, -0.15) is 0 Å². The molecular weight excluding hydrogens is 394 g/mol. The van der Waals surface area contributed by atoms with Gasteiger partial charge in [-0.05, 0) is 64.3 Å². The van der Waals surface area contributed by atoms with Crippen LogP contribution in [0.2, 0.25) is 0 Å². The summed E-state index contributed by atoms with van der Waals surface area (Å²) < 4.78 is 6.68. The monoisotopic (exact) mass is 421 g/mol. The van der Waals surface area contributed by atoms with Crippen LogP contribution in [-0.4, -0.2) is 39.0 Å². The molecule has 0 unspecified atom stereocenters. The van der Waals surface area contributed by atoms with E-state index in [9.17, 15) is 14.4 Å². The van der Waals surface area contributed by atoms with Crippen molar-refractivity contribution in [2.24, 2.45) is 0 Å². The lowest BCUT2D eigenvalue weighted by Gasteiger charge is -2.19. The van der Waals surface area contributed by atoms with Crippen molar-refractivity contribution in [2.75, 3.05) is 0 Å². The summed E-state index contributed by atoms with van der Waals surface area (Å²) in [6.45, 7) is 6.84. The number of nitrogens with zero attached hydrogens (tertiary/aromatic N) is 2. The van der Waals surface area contributed by atoms with E-state index in [4.69, 9.17) is 4.74 Å². The lowest BCUT2D eigenvalue weighted by Crippen LogP contribution is -2.40. The normalized spacial score (nSPS) is 12.4. The minimum Gasteiger partial charge on any atom is -0.443 e. The summed E-state index contributed by atoms with van der Waals surface area (Å²) in [5, 5.41) is 2.81. The summed E-state index contributed by atoms with van der Waals surface area (Å²) in [6, 6.07) is 14.1. The largest absolute Gasteiger partial charge is 0.443 e. The Hall–Kier alpha value is -3.48. The highest BCUT2D eigenvalue weighted by Gasteiger charge is 2.21. The number of hydrogen-bond donors (Lipinski definition) is 1. The molecule has 1 N–H and O–H groups in total. The predicted molar refractivity (Wildman–Crippen MR) is 118 cm³/mol. The van der Waals surface area contributed by atoms with Gasteiger partial charge in [0.2, 0.25) is 0 Å². The van der Waals surface area contributed by atoms with Gasteiger partial charge in [-0.1, -0.05) is 30.3 Å². The second kappa shape index (κ2) is 9.12. The summed E-state index contributed by atoms with van der Waals surface area (Å²) >= 11 is 0. The van der Waals surface area contributed by atoms with Gasteiger partial charge < -0.3 is 10.1 Å². The summed E-state index contributed by atoms with van der Waals surface area (Å²) in [6.07, 6.45) is 2.04. The molecule has 162 valence electrons. The first-order chi connectivity index (χ1) is 14.6. The smallest absolute Gasteiger partial charge is 0.420 e. The maximum atomic E-state index is 12.8. The van der Waals surface area contributed by atoms with E-state index in [1.807, 2.05) is 30.3 Å². The average Bonchev–Trinajstić information content (AvgIpc) is 3.13. The number of ketones is 1. The minimum absolute atomic E-state index is 0.0976. The van der Waals surface area contributed by atoms with Crippen molar-refractivity contribution >= 4 is 28.8 Å². The number of carbonyl (C=O) groups is 3. The molecule has 7 nitrogen and oxygen atoms in total. The van der Waals surface area contributed by atoms with Gasteiger partial charge >= 0.3 is 6.09 Å². The molecule has 7 heteroatoms. The first-order valence-electron chi connectivity index (χ1n) is 10.2. The average molecular weight is 421 g/mol. The number of Topliss-reactive ketones (excluding diaryl/α,β-unsaturated/α-hetero) is 1. The van der Waals surface area contributed by atoms with Crippen LogP contribution in [0.5, 0.6) is 0 Å². The van der Waals surface area contributed by atoms with Crippen LogP contribution in [0.3, 0.4) is 0 Å². The van der Waals surface area contributed by atoms with Crippen molar-refractivity contribution in [3.8, 4) is 0 Å². The predicted octanol–water partition coefficient (Wildman–Crippen LogP) is 4.14. The van der Waals surface area contributed by atoms with Crippen molar-refractivity contribution in [2.45, 2.75) is 52.2 Å². The highest BCUT2D eigenvalue weighted by atomic mass is 16.6. The molecule has 0 bridgehead atoms. The number of nitrogens with one attached hydrogen (secondary N) is 1. The first kappa shape index (κ1) is 22.2. The van der Waals surface area contributed by atoms with Crippen molar-refractivity contribution in [1.29, 1.82) is 0 Å². The van der Waals surface area contributed by atoms with Crippen LogP contribution in [0.25, 0.3) is 11.0 Å². The molecule has 1 heterocycles. The van der Waals surface area contributed by atoms with Crippen LogP contribution < -0.4 is 5.32 Å². The fourth-order valence-electron chi connectivity index (χ4n) is 3.18. The van der Waals surface area contributed by atoms with E-state index in [1.165, 1.54) is 17.8 Å². The van der Waals surface area contributed by atoms with Gasteiger partial charge in [0.15, 0.2) is 5.78 Å². The third kappa shape index (κ3) is 5.78. The fraction of sp³-hybridized carbons (Fsp3) is 0.333. The van der Waals surface area contributed by atoms with Crippen molar-refractivity contribution < 1.29 is 19.1 Å². The second-order valence-electron chi connectivity index (χ2n) is 8.46. The number of benzene rings is 2. The lowest BCUT2D eigenvalue weighted by molar-refractivity contribution is -0.118. The zero-order valence-electron chi connectivity index (χ0n) is 18.2. The van der Waals surface area contributed by atoms with Gasteiger partial charge in [0.05, 0.1) is 17.1 Å². The van der Waals surface area contributed by atoms with Gasteiger partial charge in [0, 0.05) is 5.56 Å². The zero-order chi connectivity index (χ0) is 22.6. The molecule has 31 heavy (non-hydrogen) atoms. The number of aryl methyl sites for hydroxylation is 1. The number of hydrogen-bond acceptors (Lipinski definition) is 5. The maximum Gasteiger partial charge on any atom is 0.420 e. The number of amides is 1. The van der Waals surface area contributed by atoms with Gasteiger partial charge in [-0.3, -0.25) is 9.59 Å². The van der Waals surface area contributed by atoms with E-state index in [0.717, 1.165) is 5.56 Å². The summed E-state index contributed by atoms with van der Waals surface area (Å²) in [5.74, 6) is -0.457. The summed E-state index contributed by atoms with van der Waals surface area (Å²) in [5.41, 5.74) is 1.87. The Morgan fingerprint density at radius 1 is 1.10 bits per heavy atom.